The normalized spacial score (nSPS) is 21.0. The summed E-state index contributed by atoms with van der Waals surface area (Å²) in [5, 5.41) is 3.00. The summed E-state index contributed by atoms with van der Waals surface area (Å²) in [6.45, 7) is 3.22. The highest BCUT2D eigenvalue weighted by molar-refractivity contribution is 5.94. The van der Waals surface area contributed by atoms with E-state index in [2.05, 4.69) is 15.3 Å². The molecule has 0 spiro atoms. The number of nitrogens with zero attached hydrogens (tertiary/aromatic N) is 4. The van der Waals surface area contributed by atoms with Gasteiger partial charge in [0.25, 0.3) is 5.91 Å². The predicted molar refractivity (Wildman–Crippen MR) is 112 cm³/mol. The average Bonchev–Trinajstić information content (AvgIpc) is 3.38. The van der Waals surface area contributed by atoms with Crippen LogP contribution in [0.15, 0.2) is 23.1 Å². The van der Waals surface area contributed by atoms with Crippen molar-refractivity contribution >= 4 is 28.7 Å². The van der Waals surface area contributed by atoms with E-state index in [-0.39, 0.29) is 23.2 Å². The zero-order valence-corrected chi connectivity index (χ0v) is 17.3. The zero-order chi connectivity index (χ0) is 21.9. The van der Waals surface area contributed by atoms with Crippen LogP contribution in [-0.2, 0) is 11.8 Å². The maximum atomic E-state index is 14.2. The molecule has 3 N–H and O–H groups in total. The number of aromatic nitrogens is 4. The van der Waals surface area contributed by atoms with Crippen LogP contribution in [0.5, 0.6) is 0 Å². The molecule has 9 nitrogen and oxygen atoms in total. The van der Waals surface area contributed by atoms with Crippen LogP contribution < -0.4 is 16.7 Å². The van der Waals surface area contributed by atoms with Gasteiger partial charge in [0.1, 0.15) is 11.3 Å². The third-order valence-electron chi connectivity index (χ3n) is 6.50. The number of carbonyl (C=O) groups is 1. The molecule has 1 saturated heterocycles. The van der Waals surface area contributed by atoms with E-state index in [1.807, 2.05) is 0 Å². The SMILES string of the molecule is Cc1cc(C(N)=O)c(F)cc1Nc1ncc2c(n1)n(C1C[C@@H]3COC[C@H]3C1)c(=O)n2C. The van der Waals surface area contributed by atoms with Gasteiger partial charge < -0.3 is 15.8 Å². The van der Waals surface area contributed by atoms with Crippen molar-refractivity contribution in [2.75, 3.05) is 18.5 Å². The molecular weight excluding hydrogens is 403 g/mol. The van der Waals surface area contributed by atoms with Crippen LogP contribution in [0.25, 0.3) is 11.2 Å². The van der Waals surface area contributed by atoms with E-state index in [9.17, 15) is 14.0 Å². The van der Waals surface area contributed by atoms with Crippen LogP contribution in [0.1, 0.15) is 34.8 Å². The minimum Gasteiger partial charge on any atom is -0.381 e. The van der Waals surface area contributed by atoms with Crippen LogP contribution in [0.4, 0.5) is 16.0 Å². The first-order chi connectivity index (χ1) is 14.8. The molecule has 1 aromatic carbocycles. The number of hydrogen-bond acceptors (Lipinski definition) is 6. The van der Waals surface area contributed by atoms with Crippen molar-refractivity contribution in [2.45, 2.75) is 25.8 Å². The summed E-state index contributed by atoms with van der Waals surface area (Å²) >= 11 is 0. The van der Waals surface area contributed by atoms with Crippen molar-refractivity contribution in [1.29, 1.82) is 0 Å². The topological polar surface area (TPSA) is 117 Å². The highest BCUT2D eigenvalue weighted by Crippen LogP contribution is 2.43. The lowest BCUT2D eigenvalue weighted by atomic mass is 10.0. The molecule has 31 heavy (non-hydrogen) atoms. The Labute approximate surface area is 177 Å². The number of nitrogens with one attached hydrogen (secondary N) is 1. The number of amides is 1. The van der Waals surface area contributed by atoms with Crippen molar-refractivity contribution in [1.82, 2.24) is 19.1 Å². The van der Waals surface area contributed by atoms with Crippen LogP contribution >= 0.6 is 0 Å². The van der Waals surface area contributed by atoms with Gasteiger partial charge in [-0.3, -0.25) is 13.9 Å². The second kappa shape index (κ2) is 7.16. The number of benzene rings is 1. The molecule has 2 atom stereocenters. The van der Waals surface area contributed by atoms with E-state index in [0.29, 0.717) is 34.3 Å². The summed E-state index contributed by atoms with van der Waals surface area (Å²) in [6.07, 6.45) is 3.36. The third-order valence-corrected chi connectivity index (χ3v) is 6.50. The predicted octanol–water partition coefficient (Wildman–Crippen LogP) is 2.02. The van der Waals surface area contributed by atoms with Gasteiger partial charge in [-0.15, -0.1) is 0 Å². The molecule has 1 aliphatic heterocycles. The Balaban J connectivity index is 1.53. The number of rotatable bonds is 4. The number of anilines is 2. The Hall–Kier alpha value is -3.27. The van der Waals surface area contributed by atoms with E-state index < -0.39 is 11.7 Å². The highest BCUT2D eigenvalue weighted by atomic mass is 19.1. The van der Waals surface area contributed by atoms with Crippen molar-refractivity contribution in [3.8, 4) is 0 Å². The van der Waals surface area contributed by atoms with Gasteiger partial charge in [0.05, 0.1) is 11.8 Å². The Bertz CT molecular complexity index is 1250. The molecule has 3 aromatic rings. The quantitative estimate of drug-likeness (QED) is 0.659. The van der Waals surface area contributed by atoms with Gasteiger partial charge in [-0.1, -0.05) is 0 Å². The molecule has 1 amide bonds. The molecule has 0 radical (unpaired) electrons. The monoisotopic (exact) mass is 426 g/mol. The molecule has 5 rings (SSSR count). The van der Waals surface area contributed by atoms with Gasteiger partial charge >= 0.3 is 5.69 Å². The molecule has 1 aliphatic carbocycles. The first-order valence-corrected chi connectivity index (χ1v) is 10.2. The standard InChI is InChI=1S/C21H23FN6O3/c1-10-3-14(18(23)29)15(22)6-16(10)25-20-24-7-17-19(26-20)28(21(30)27(17)2)13-4-11-8-31-9-12(11)5-13/h3,6-7,11-13H,4-5,8-9H2,1-2H3,(H2,23,29)(H,24,25,26)/t11-,12-/m1/s1. The number of ether oxygens (including phenoxy) is 1. The first kappa shape index (κ1) is 19.7. The molecule has 1 saturated carbocycles. The number of hydrogen-bond donors (Lipinski definition) is 2. The summed E-state index contributed by atoms with van der Waals surface area (Å²) in [5.41, 5.74) is 7.12. The lowest BCUT2D eigenvalue weighted by Gasteiger charge is -2.14. The largest absolute Gasteiger partial charge is 0.381 e. The van der Waals surface area contributed by atoms with Gasteiger partial charge in [-0.25, -0.2) is 14.2 Å². The molecule has 2 fully saturated rings. The second-order valence-corrected chi connectivity index (χ2v) is 8.43. The van der Waals surface area contributed by atoms with Crippen molar-refractivity contribution in [3.05, 3.63) is 45.8 Å². The molecule has 10 heteroatoms. The van der Waals surface area contributed by atoms with Crippen molar-refractivity contribution < 1.29 is 13.9 Å². The van der Waals surface area contributed by atoms with Crippen LogP contribution in [0, 0.1) is 24.6 Å². The summed E-state index contributed by atoms with van der Waals surface area (Å²) in [7, 11) is 1.71. The molecule has 3 heterocycles. The number of halogens is 1. The third kappa shape index (κ3) is 3.18. The van der Waals surface area contributed by atoms with Crippen molar-refractivity contribution in [2.24, 2.45) is 24.6 Å². The fourth-order valence-electron chi connectivity index (χ4n) is 4.82. The fraction of sp³-hybridized carbons (Fsp3) is 0.429. The number of aryl methyl sites for hydroxylation is 2. The van der Waals surface area contributed by atoms with Gasteiger partial charge in [-0.05, 0) is 49.3 Å². The van der Waals surface area contributed by atoms with E-state index in [1.54, 1.807) is 29.3 Å². The smallest absolute Gasteiger partial charge is 0.330 e. The summed E-state index contributed by atoms with van der Waals surface area (Å²) in [6, 6.07) is 2.64. The maximum absolute atomic E-state index is 14.2. The number of carbonyl (C=O) groups excluding carboxylic acids is 1. The number of fused-ring (bicyclic) bond motifs is 2. The average molecular weight is 426 g/mol. The van der Waals surface area contributed by atoms with Gasteiger partial charge in [0, 0.05) is 32.0 Å². The summed E-state index contributed by atoms with van der Waals surface area (Å²) < 4.78 is 23.1. The highest BCUT2D eigenvalue weighted by Gasteiger charge is 2.40. The van der Waals surface area contributed by atoms with Gasteiger partial charge in [0.2, 0.25) is 5.95 Å². The lowest BCUT2D eigenvalue weighted by molar-refractivity contribution is 0.0996. The summed E-state index contributed by atoms with van der Waals surface area (Å²) in [5.74, 6) is -0.368. The molecule has 2 aliphatic rings. The Kier molecular flexibility index (Phi) is 4.54. The Morgan fingerprint density at radius 2 is 2.00 bits per heavy atom. The Morgan fingerprint density at radius 3 is 2.68 bits per heavy atom. The molecular formula is C21H23FN6O3. The zero-order valence-electron chi connectivity index (χ0n) is 17.3. The summed E-state index contributed by atoms with van der Waals surface area (Å²) in [4.78, 5) is 33.2. The minimum absolute atomic E-state index is 0.0619. The van der Waals surface area contributed by atoms with Crippen molar-refractivity contribution in [3.63, 3.8) is 0 Å². The lowest BCUT2D eigenvalue weighted by Crippen LogP contribution is -2.25. The van der Waals surface area contributed by atoms with Gasteiger partial charge in [-0.2, -0.15) is 4.98 Å². The molecule has 162 valence electrons. The van der Waals surface area contributed by atoms with E-state index in [4.69, 9.17) is 10.5 Å². The maximum Gasteiger partial charge on any atom is 0.330 e. The first-order valence-electron chi connectivity index (χ1n) is 10.2. The Morgan fingerprint density at radius 1 is 1.29 bits per heavy atom. The fourth-order valence-corrected chi connectivity index (χ4v) is 4.82. The minimum atomic E-state index is -0.829. The van der Waals surface area contributed by atoms with Crippen LogP contribution in [0.2, 0.25) is 0 Å². The molecule has 0 unspecified atom stereocenters. The number of primary amides is 1. The van der Waals surface area contributed by atoms with Crippen LogP contribution in [-0.4, -0.2) is 38.2 Å². The van der Waals surface area contributed by atoms with E-state index >= 15 is 0 Å². The molecule has 0 bridgehead atoms. The molecule has 2 aromatic heterocycles. The number of nitrogens with two attached hydrogens (primary N) is 1. The van der Waals surface area contributed by atoms with Gasteiger partial charge in [0.15, 0.2) is 5.65 Å². The van der Waals surface area contributed by atoms with E-state index in [0.717, 1.165) is 26.1 Å². The number of imidazole rings is 1. The second-order valence-electron chi connectivity index (χ2n) is 8.43. The van der Waals surface area contributed by atoms with E-state index in [1.165, 1.54) is 12.1 Å². The van der Waals surface area contributed by atoms with Crippen LogP contribution in [0.3, 0.4) is 0 Å².